The lowest BCUT2D eigenvalue weighted by Crippen LogP contribution is -2.06. The molecule has 0 saturated carbocycles. The number of ether oxygens (including phenoxy) is 3. The van der Waals surface area contributed by atoms with Crippen molar-refractivity contribution < 1.29 is 23.4 Å². The van der Waals surface area contributed by atoms with Crippen LogP contribution < -0.4 is 9.47 Å². The Bertz CT molecular complexity index is 971. The van der Waals surface area contributed by atoms with Gasteiger partial charge in [0, 0.05) is 17.0 Å². The minimum absolute atomic E-state index is 0.106. The molecule has 3 aromatic rings. The summed E-state index contributed by atoms with van der Waals surface area (Å²) in [5.74, 6) is 0.237. The van der Waals surface area contributed by atoms with E-state index in [-0.39, 0.29) is 12.0 Å². The van der Waals surface area contributed by atoms with E-state index in [4.69, 9.17) is 9.47 Å². The maximum Gasteiger partial charge on any atom is 0.310 e. The highest BCUT2D eigenvalue weighted by molar-refractivity contribution is 5.85. The van der Waals surface area contributed by atoms with Gasteiger partial charge in [0.1, 0.15) is 5.82 Å². The number of pyridine rings is 1. The quantitative estimate of drug-likeness (QED) is 0.652. The molecule has 134 valence electrons. The Kier molecular flexibility index (Phi) is 5.02. The van der Waals surface area contributed by atoms with Gasteiger partial charge >= 0.3 is 5.97 Å². The van der Waals surface area contributed by atoms with Crippen LogP contribution >= 0.6 is 0 Å². The van der Waals surface area contributed by atoms with Gasteiger partial charge in [-0.05, 0) is 23.8 Å². The van der Waals surface area contributed by atoms with Crippen molar-refractivity contribution in [1.82, 2.24) is 4.98 Å². The molecule has 0 aliphatic carbocycles. The molecule has 0 atom stereocenters. The first kappa shape index (κ1) is 17.7. The van der Waals surface area contributed by atoms with E-state index in [9.17, 15) is 9.18 Å². The third kappa shape index (κ3) is 3.44. The van der Waals surface area contributed by atoms with E-state index in [0.717, 1.165) is 5.39 Å². The molecule has 0 aliphatic rings. The van der Waals surface area contributed by atoms with Crippen LogP contribution in [0.3, 0.4) is 0 Å². The lowest BCUT2D eigenvalue weighted by atomic mass is 10.0. The zero-order valence-corrected chi connectivity index (χ0v) is 14.7. The molecule has 0 spiro atoms. The summed E-state index contributed by atoms with van der Waals surface area (Å²) in [5.41, 5.74) is 2.23. The minimum atomic E-state index is -0.485. The molecule has 5 nitrogen and oxygen atoms in total. The molecule has 0 aliphatic heterocycles. The van der Waals surface area contributed by atoms with Crippen LogP contribution in [-0.4, -0.2) is 32.3 Å². The predicted octanol–water partition coefficient (Wildman–Crippen LogP) is 3.77. The van der Waals surface area contributed by atoms with Gasteiger partial charge in [0.2, 0.25) is 0 Å². The predicted molar refractivity (Wildman–Crippen MR) is 96.0 cm³/mol. The second-order valence-electron chi connectivity index (χ2n) is 5.66. The number of fused-ring (bicyclic) bond motifs is 1. The lowest BCUT2D eigenvalue weighted by molar-refractivity contribution is -0.139. The van der Waals surface area contributed by atoms with Crippen molar-refractivity contribution in [3.05, 3.63) is 53.8 Å². The lowest BCUT2D eigenvalue weighted by Gasteiger charge is -2.10. The fourth-order valence-corrected chi connectivity index (χ4v) is 2.69. The molecule has 0 fully saturated rings. The molecule has 1 aromatic heterocycles. The Morgan fingerprint density at radius 1 is 1.00 bits per heavy atom. The summed E-state index contributed by atoms with van der Waals surface area (Å²) in [4.78, 5) is 15.9. The van der Waals surface area contributed by atoms with Gasteiger partial charge in [-0.25, -0.2) is 9.37 Å². The summed E-state index contributed by atoms with van der Waals surface area (Å²) in [6, 6.07) is 12.0. The van der Waals surface area contributed by atoms with E-state index in [1.54, 1.807) is 32.4 Å². The Morgan fingerprint density at radius 2 is 1.73 bits per heavy atom. The molecule has 0 radical (unpaired) electrons. The molecular weight excluding hydrogens is 337 g/mol. The maximum atomic E-state index is 14.3. The van der Waals surface area contributed by atoms with Crippen LogP contribution in [0, 0.1) is 5.82 Å². The number of aromatic nitrogens is 1. The Hall–Kier alpha value is -3.15. The van der Waals surface area contributed by atoms with Gasteiger partial charge in [0.25, 0.3) is 0 Å². The Balaban J connectivity index is 2.00. The largest absolute Gasteiger partial charge is 0.493 e. The first-order valence-corrected chi connectivity index (χ1v) is 7.94. The van der Waals surface area contributed by atoms with E-state index in [0.29, 0.717) is 28.3 Å². The van der Waals surface area contributed by atoms with Crippen molar-refractivity contribution in [2.45, 2.75) is 6.42 Å². The second-order valence-corrected chi connectivity index (χ2v) is 5.66. The number of hydrogen-bond donors (Lipinski definition) is 0. The standard InChI is InChI=1S/C20H18FNO4/c1-24-18-9-14-6-7-16(22-17(14)11-19(18)25-2)13-5-4-12(15(21)8-13)10-20(23)26-3/h4-9,11H,10H2,1-3H3. The highest BCUT2D eigenvalue weighted by Crippen LogP contribution is 2.32. The SMILES string of the molecule is COC(=O)Cc1ccc(-c2ccc3cc(OC)c(OC)cc3n2)cc1F. The van der Waals surface area contributed by atoms with Gasteiger partial charge in [-0.15, -0.1) is 0 Å². The molecule has 2 aromatic carbocycles. The second kappa shape index (κ2) is 7.39. The molecule has 0 N–H and O–H groups in total. The number of benzene rings is 2. The summed E-state index contributed by atoms with van der Waals surface area (Å²) in [7, 11) is 4.41. The van der Waals surface area contributed by atoms with E-state index < -0.39 is 11.8 Å². The zero-order chi connectivity index (χ0) is 18.7. The number of methoxy groups -OCH3 is 3. The van der Waals surface area contributed by atoms with E-state index in [1.165, 1.54) is 13.2 Å². The number of nitrogens with zero attached hydrogens (tertiary/aromatic N) is 1. The van der Waals surface area contributed by atoms with Crippen LogP contribution in [0.1, 0.15) is 5.56 Å². The normalized spacial score (nSPS) is 10.6. The van der Waals surface area contributed by atoms with Crippen molar-refractivity contribution in [3.8, 4) is 22.8 Å². The average molecular weight is 355 g/mol. The zero-order valence-electron chi connectivity index (χ0n) is 14.7. The molecule has 1 heterocycles. The van der Waals surface area contributed by atoms with Crippen molar-refractivity contribution in [2.75, 3.05) is 21.3 Å². The van der Waals surface area contributed by atoms with Crippen LogP contribution in [0.4, 0.5) is 4.39 Å². The fraction of sp³-hybridized carbons (Fsp3) is 0.200. The molecule has 6 heteroatoms. The number of carbonyl (C=O) groups is 1. The number of rotatable bonds is 5. The topological polar surface area (TPSA) is 57.7 Å². The Morgan fingerprint density at radius 3 is 2.38 bits per heavy atom. The minimum Gasteiger partial charge on any atom is -0.493 e. The van der Waals surface area contributed by atoms with Crippen LogP contribution in [0.2, 0.25) is 0 Å². The van der Waals surface area contributed by atoms with Crippen molar-refractivity contribution in [2.24, 2.45) is 0 Å². The fourth-order valence-electron chi connectivity index (χ4n) is 2.69. The summed E-state index contributed by atoms with van der Waals surface area (Å²) < 4.78 is 29.5. The summed E-state index contributed by atoms with van der Waals surface area (Å²) >= 11 is 0. The molecular formula is C20H18FNO4. The van der Waals surface area contributed by atoms with Crippen LogP contribution in [0.25, 0.3) is 22.2 Å². The van der Waals surface area contributed by atoms with E-state index >= 15 is 0 Å². The van der Waals surface area contributed by atoms with Crippen LogP contribution in [0.5, 0.6) is 11.5 Å². The van der Waals surface area contributed by atoms with Gasteiger partial charge in [-0.3, -0.25) is 4.79 Å². The molecule has 0 amide bonds. The van der Waals surface area contributed by atoms with Gasteiger partial charge in [-0.1, -0.05) is 18.2 Å². The first-order valence-electron chi connectivity index (χ1n) is 7.94. The molecule has 3 rings (SSSR count). The number of hydrogen-bond acceptors (Lipinski definition) is 5. The smallest absolute Gasteiger partial charge is 0.310 e. The van der Waals surface area contributed by atoms with Gasteiger partial charge in [-0.2, -0.15) is 0 Å². The third-order valence-corrected chi connectivity index (χ3v) is 4.11. The number of esters is 1. The van der Waals surface area contributed by atoms with E-state index in [2.05, 4.69) is 9.72 Å². The van der Waals surface area contributed by atoms with E-state index in [1.807, 2.05) is 18.2 Å². The van der Waals surface area contributed by atoms with Crippen molar-refractivity contribution >= 4 is 16.9 Å². The molecule has 0 unspecified atom stereocenters. The summed E-state index contributed by atoms with van der Waals surface area (Å²) in [5, 5.41) is 0.884. The maximum absolute atomic E-state index is 14.3. The molecule has 0 bridgehead atoms. The summed E-state index contributed by atoms with van der Waals surface area (Å²) in [6.07, 6.45) is -0.106. The summed E-state index contributed by atoms with van der Waals surface area (Å²) in [6.45, 7) is 0. The van der Waals surface area contributed by atoms with Crippen LogP contribution in [-0.2, 0) is 16.0 Å². The first-order chi connectivity index (χ1) is 12.5. The molecule has 26 heavy (non-hydrogen) atoms. The Labute approximate surface area is 150 Å². The number of halogens is 1. The van der Waals surface area contributed by atoms with Gasteiger partial charge in [0.15, 0.2) is 11.5 Å². The highest BCUT2D eigenvalue weighted by Gasteiger charge is 2.12. The number of carbonyl (C=O) groups excluding carboxylic acids is 1. The monoisotopic (exact) mass is 355 g/mol. The third-order valence-electron chi connectivity index (χ3n) is 4.11. The van der Waals surface area contributed by atoms with Crippen molar-refractivity contribution in [3.63, 3.8) is 0 Å². The van der Waals surface area contributed by atoms with Crippen molar-refractivity contribution in [1.29, 1.82) is 0 Å². The molecule has 0 saturated heterocycles. The highest BCUT2D eigenvalue weighted by atomic mass is 19.1. The van der Waals surface area contributed by atoms with Gasteiger partial charge < -0.3 is 14.2 Å². The average Bonchev–Trinajstić information content (AvgIpc) is 2.67. The van der Waals surface area contributed by atoms with Gasteiger partial charge in [0.05, 0.1) is 39.0 Å². The van der Waals surface area contributed by atoms with Crippen LogP contribution in [0.15, 0.2) is 42.5 Å².